The Bertz CT molecular complexity index is 655. The van der Waals surface area contributed by atoms with Gasteiger partial charge in [-0.2, -0.15) is 0 Å². The second-order valence-corrected chi connectivity index (χ2v) is 5.99. The highest BCUT2D eigenvalue weighted by molar-refractivity contribution is 6.31. The zero-order valence-corrected chi connectivity index (χ0v) is 14.0. The first-order valence-electron chi connectivity index (χ1n) is 7.32. The van der Waals surface area contributed by atoms with E-state index in [0.717, 1.165) is 6.07 Å². The fourth-order valence-electron chi connectivity index (χ4n) is 2.51. The number of esters is 1. The predicted molar refractivity (Wildman–Crippen MR) is 85.0 cm³/mol. The minimum atomic E-state index is -0.943. The molecule has 2 rings (SSSR count). The molecule has 0 N–H and O–H groups in total. The standard InChI is InChI=1S/C15H17ClN2O6/c1-9-6-17(7-10(2)24-9)14(19)8-23-15(20)12-4-3-11(16)5-13(12)18(21)22/h3-5,9-10H,6-8H2,1-2H3/t9-,10-/m0/s1. The maximum atomic E-state index is 12.1. The SMILES string of the molecule is C[C@H]1CN(C(=O)COC(=O)c2ccc(Cl)cc2[N+](=O)[O-])C[C@H](C)O1. The van der Waals surface area contributed by atoms with E-state index in [9.17, 15) is 19.7 Å². The van der Waals surface area contributed by atoms with Crippen molar-refractivity contribution in [3.05, 3.63) is 38.9 Å². The second-order valence-electron chi connectivity index (χ2n) is 5.55. The maximum absolute atomic E-state index is 12.1. The summed E-state index contributed by atoms with van der Waals surface area (Å²) in [4.78, 5) is 36.0. The van der Waals surface area contributed by atoms with E-state index < -0.39 is 23.2 Å². The average molecular weight is 357 g/mol. The zero-order chi connectivity index (χ0) is 17.9. The summed E-state index contributed by atoms with van der Waals surface area (Å²) in [5.74, 6) is -1.32. The molecule has 0 spiro atoms. The molecule has 1 aromatic rings. The molecule has 1 saturated heterocycles. The van der Waals surface area contributed by atoms with Crippen molar-refractivity contribution in [2.75, 3.05) is 19.7 Å². The number of nitro groups is 1. The first-order chi connectivity index (χ1) is 11.3. The molecule has 1 fully saturated rings. The summed E-state index contributed by atoms with van der Waals surface area (Å²) in [6, 6.07) is 3.61. The lowest BCUT2D eigenvalue weighted by Crippen LogP contribution is -2.49. The van der Waals surface area contributed by atoms with Crippen molar-refractivity contribution >= 4 is 29.2 Å². The van der Waals surface area contributed by atoms with E-state index in [1.807, 2.05) is 13.8 Å². The fraction of sp³-hybridized carbons (Fsp3) is 0.467. The Kier molecular flexibility index (Phi) is 5.74. The van der Waals surface area contributed by atoms with Gasteiger partial charge in [0.25, 0.3) is 11.6 Å². The number of carbonyl (C=O) groups is 2. The Labute approximate surface area is 143 Å². The summed E-state index contributed by atoms with van der Waals surface area (Å²) in [5, 5.41) is 11.1. The largest absolute Gasteiger partial charge is 0.452 e. The summed E-state index contributed by atoms with van der Waals surface area (Å²) in [5.41, 5.74) is -0.713. The van der Waals surface area contributed by atoms with Gasteiger partial charge in [0.05, 0.1) is 17.1 Å². The third-order valence-electron chi connectivity index (χ3n) is 3.48. The minimum absolute atomic E-state index is 0.106. The molecule has 0 radical (unpaired) electrons. The van der Waals surface area contributed by atoms with E-state index in [1.165, 1.54) is 12.1 Å². The van der Waals surface area contributed by atoms with Crippen LogP contribution in [0.15, 0.2) is 18.2 Å². The third-order valence-corrected chi connectivity index (χ3v) is 3.71. The quantitative estimate of drug-likeness (QED) is 0.465. The van der Waals surface area contributed by atoms with Gasteiger partial charge in [0, 0.05) is 24.2 Å². The molecule has 1 heterocycles. The van der Waals surface area contributed by atoms with E-state index in [2.05, 4.69) is 0 Å². The van der Waals surface area contributed by atoms with Gasteiger partial charge in [-0.3, -0.25) is 14.9 Å². The summed E-state index contributed by atoms with van der Waals surface area (Å²) in [6.07, 6.45) is -0.212. The highest BCUT2D eigenvalue weighted by Crippen LogP contribution is 2.24. The summed E-state index contributed by atoms with van der Waals surface area (Å²) >= 11 is 5.69. The topological polar surface area (TPSA) is 99.0 Å². The number of halogens is 1. The number of morpholine rings is 1. The van der Waals surface area contributed by atoms with Crippen molar-refractivity contribution in [1.82, 2.24) is 4.90 Å². The molecule has 1 aromatic carbocycles. The van der Waals surface area contributed by atoms with Crippen LogP contribution in [0.1, 0.15) is 24.2 Å². The molecule has 0 bridgehead atoms. The van der Waals surface area contributed by atoms with Crippen molar-refractivity contribution < 1.29 is 24.0 Å². The van der Waals surface area contributed by atoms with E-state index in [4.69, 9.17) is 21.1 Å². The van der Waals surface area contributed by atoms with E-state index in [0.29, 0.717) is 13.1 Å². The van der Waals surface area contributed by atoms with Gasteiger partial charge in [0.2, 0.25) is 0 Å². The molecule has 1 aliphatic heterocycles. The first kappa shape index (κ1) is 18.2. The van der Waals surface area contributed by atoms with Crippen molar-refractivity contribution in [1.29, 1.82) is 0 Å². The molecule has 1 amide bonds. The number of nitrogens with zero attached hydrogens (tertiary/aromatic N) is 2. The van der Waals surface area contributed by atoms with Crippen LogP contribution in [0.4, 0.5) is 5.69 Å². The summed E-state index contributed by atoms with van der Waals surface area (Å²) in [7, 11) is 0. The van der Waals surface area contributed by atoms with Crippen LogP contribution in [-0.4, -0.2) is 53.6 Å². The lowest BCUT2D eigenvalue weighted by Gasteiger charge is -2.35. The molecule has 0 unspecified atom stereocenters. The van der Waals surface area contributed by atoms with Crippen molar-refractivity contribution in [2.45, 2.75) is 26.1 Å². The number of ether oxygens (including phenoxy) is 2. The number of rotatable bonds is 4. The van der Waals surface area contributed by atoms with Crippen LogP contribution in [0.5, 0.6) is 0 Å². The molecule has 0 aromatic heterocycles. The Morgan fingerprint density at radius 1 is 1.38 bits per heavy atom. The minimum Gasteiger partial charge on any atom is -0.452 e. The smallest absolute Gasteiger partial charge is 0.345 e. The fourth-order valence-corrected chi connectivity index (χ4v) is 2.67. The van der Waals surface area contributed by atoms with Crippen LogP contribution >= 0.6 is 11.6 Å². The van der Waals surface area contributed by atoms with Gasteiger partial charge < -0.3 is 14.4 Å². The van der Waals surface area contributed by atoms with Gasteiger partial charge in [-0.25, -0.2) is 4.79 Å². The Hall–Kier alpha value is -2.19. The monoisotopic (exact) mass is 356 g/mol. The van der Waals surface area contributed by atoms with Crippen molar-refractivity contribution in [3.63, 3.8) is 0 Å². The van der Waals surface area contributed by atoms with Crippen LogP contribution in [0.3, 0.4) is 0 Å². The van der Waals surface area contributed by atoms with Gasteiger partial charge in [-0.05, 0) is 26.0 Å². The molecular formula is C15H17ClN2O6. The number of carbonyl (C=O) groups excluding carboxylic acids is 2. The van der Waals surface area contributed by atoms with Crippen LogP contribution in [0, 0.1) is 10.1 Å². The molecular weight excluding hydrogens is 340 g/mol. The Morgan fingerprint density at radius 3 is 2.58 bits per heavy atom. The molecule has 8 nitrogen and oxygen atoms in total. The summed E-state index contributed by atoms with van der Waals surface area (Å²) in [6.45, 7) is 4.01. The predicted octanol–water partition coefficient (Wildman–Crippen LogP) is 2.04. The molecule has 2 atom stereocenters. The average Bonchev–Trinajstić information content (AvgIpc) is 2.51. The second kappa shape index (κ2) is 7.59. The maximum Gasteiger partial charge on any atom is 0.345 e. The Morgan fingerprint density at radius 2 is 2.00 bits per heavy atom. The normalized spacial score (nSPS) is 20.5. The van der Waals surface area contributed by atoms with Gasteiger partial charge in [-0.1, -0.05) is 11.6 Å². The highest BCUT2D eigenvalue weighted by Gasteiger charge is 2.27. The Balaban J connectivity index is 2.00. The molecule has 1 aliphatic rings. The molecule has 0 aliphatic carbocycles. The van der Waals surface area contributed by atoms with E-state index >= 15 is 0 Å². The van der Waals surface area contributed by atoms with Crippen molar-refractivity contribution in [3.8, 4) is 0 Å². The number of nitro benzene ring substituents is 1. The molecule has 130 valence electrons. The van der Waals surface area contributed by atoms with Gasteiger partial charge in [-0.15, -0.1) is 0 Å². The lowest BCUT2D eigenvalue weighted by atomic mass is 10.2. The van der Waals surface area contributed by atoms with Crippen LogP contribution < -0.4 is 0 Å². The number of benzene rings is 1. The van der Waals surface area contributed by atoms with E-state index in [-0.39, 0.29) is 28.7 Å². The van der Waals surface area contributed by atoms with Gasteiger partial charge >= 0.3 is 5.97 Å². The zero-order valence-electron chi connectivity index (χ0n) is 13.2. The first-order valence-corrected chi connectivity index (χ1v) is 7.70. The van der Waals surface area contributed by atoms with Crippen LogP contribution in [0.25, 0.3) is 0 Å². The summed E-state index contributed by atoms with van der Waals surface area (Å²) < 4.78 is 10.5. The number of hydrogen-bond acceptors (Lipinski definition) is 6. The van der Waals surface area contributed by atoms with Crippen molar-refractivity contribution in [2.24, 2.45) is 0 Å². The molecule has 0 saturated carbocycles. The van der Waals surface area contributed by atoms with Gasteiger partial charge in [0.15, 0.2) is 6.61 Å². The van der Waals surface area contributed by atoms with Crippen LogP contribution in [-0.2, 0) is 14.3 Å². The van der Waals surface area contributed by atoms with Gasteiger partial charge in [0.1, 0.15) is 5.56 Å². The van der Waals surface area contributed by atoms with E-state index in [1.54, 1.807) is 4.90 Å². The number of hydrogen-bond donors (Lipinski definition) is 0. The lowest BCUT2D eigenvalue weighted by molar-refractivity contribution is -0.385. The third kappa shape index (κ3) is 4.42. The number of amides is 1. The molecule has 9 heteroatoms. The van der Waals surface area contributed by atoms with Crippen LogP contribution in [0.2, 0.25) is 5.02 Å². The highest BCUT2D eigenvalue weighted by atomic mass is 35.5. The molecule has 24 heavy (non-hydrogen) atoms.